The van der Waals surface area contributed by atoms with Gasteiger partial charge in [0.05, 0.1) is 0 Å². The highest BCUT2D eigenvalue weighted by Crippen LogP contribution is 2.35. The molecular formula is C22H14O2. The molecule has 0 saturated heterocycles. The number of fused-ring (bicyclic) bond motifs is 2. The third-order valence-corrected chi connectivity index (χ3v) is 4.41. The lowest BCUT2D eigenvalue weighted by Crippen LogP contribution is -2.22. The SMILES string of the molecule is C=Cc1cccc2c1C(=O)c1cccc(-c3ccccc3)c1C2=O. The Hall–Kier alpha value is -3.26. The smallest absolute Gasteiger partial charge is 0.195 e. The highest BCUT2D eigenvalue weighted by Gasteiger charge is 2.32. The summed E-state index contributed by atoms with van der Waals surface area (Å²) in [4.78, 5) is 26.1. The molecular weight excluding hydrogens is 296 g/mol. The topological polar surface area (TPSA) is 34.1 Å². The summed E-state index contributed by atoms with van der Waals surface area (Å²) < 4.78 is 0. The summed E-state index contributed by atoms with van der Waals surface area (Å²) in [5, 5.41) is 0. The van der Waals surface area contributed by atoms with Gasteiger partial charge in [-0.3, -0.25) is 9.59 Å². The Morgan fingerprint density at radius 3 is 1.92 bits per heavy atom. The van der Waals surface area contributed by atoms with Crippen molar-refractivity contribution in [2.45, 2.75) is 0 Å². The summed E-state index contributed by atoms with van der Waals surface area (Å²) in [5.74, 6) is -0.226. The molecule has 0 unspecified atom stereocenters. The van der Waals surface area contributed by atoms with Gasteiger partial charge in [0.25, 0.3) is 0 Å². The average Bonchev–Trinajstić information content (AvgIpc) is 2.65. The number of rotatable bonds is 2. The van der Waals surface area contributed by atoms with Gasteiger partial charge in [-0.2, -0.15) is 0 Å². The molecule has 0 bridgehead atoms. The van der Waals surface area contributed by atoms with Crippen LogP contribution in [0.3, 0.4) is 0 Å². The maximum atomic E-state index is 13.1. The number of hydrogen-bond acceptors (Lipinski definition) is 2. The van der Waals surface area contributed by atoms with E-state index in [1.807, 2.05) is 48.5 Å². The third-order valence-electron chi connectivity index (χ3n) is 4.41. The highest BCUT2D eigenvalue weighted by atomic mass is 16.1. The normalized spacial score (nSPS) is 12.5. The van der Waals surface area contributed by atoms with Crippen LogP contribution in [-0.4, -0.2) is 11.6 Å². The Balaban J connectivity index is 2.03. The lowest BCUT2D eigenvalue weighted by atomic mass is 9.79. The van der Waals surface area contributed by atoms with Gasteiger partial charge in [0.1, 0.15) is 0 Å². The van der Waals surface area contributed by atoms with Gasteiger partial charge in [-0.1, -0.05) is 79.4 Å². The molecule has 0 amide bonds. The third kappa shape index (κ3) is 1.97. The van der Waals surface area contributed by atoms with E-state index in [1.165, 1.54) is 0 Å². The van der Waals surface area contributed by atoms with E-state index in [2.05, 4.69) is 6.58 Å². The van der Waals surface area contributed by atoms with Crippen molar-refractivity contribution in [2.24, 2.45) is 0 Å². The molecule has 0 radical (unpaired) electrons. The van der Waals surface area contributed by atoms with Gasteiger partial charge >= 0.3 is 0 Å². The second kappa shape index (κ2) is 5.43. The fourth-order valence-corrected chi connectivity index (χ4v) is 3.30. The van der Waals surface area contributed by atoms with Crippen LogP contribution in [0.2, 0.25) is 0 Å². The number of carbonyl (C=O) groups excluding carboxylic acids is 2. The zero-order chi connectivity index (χ0) is 16.7. The first-order valence-corrected chi connectivity index (χ1v) is 7.75. The monoisotopic (exact) mass is 310 g/mol. The summed E-state index contributed by atoms with van der Waals surface area (Å²) in [7, 11) is 0. The lowest BCUT2D eigenvalue weighted by Gasteiger charge is -2.21. The van der Waals surface area contributed by atoms with Crippen molar-refractivity contribution in [1.82, 2.24) is 0 Å². The zero-order valence-electron chi connectivity index (χ0n) is 13.0. The fourth-order valence-electron chi connectivity index (χ4n) is 3.30. The molecule has 2 heteroatoms. The maximum Gasteiger partial charge on any atom is 0.195 e. The first kappa shape index (κ1) is 14.3. The molecule has 0 atom stereocenters. The van der Waals surface area contributed by atoms with Crippen LogP contribution in [0.15, 0.2) is 73.3 Å². The predicted molar refractivity (Wildman–Crippen MR) is 95.3 cm³/mol. The van der Waals surface area contributed by atoms with Gasteiger partial charge < -0.3 is 0 Å². The molecule has 1 aliphatic carbocycles. The van der Waals surface area contributed by atoms with Crippen LogP contribution < -0.4 is 0 Å². The van der Waals surface area contributed by atoms with E-state index in [1.54, 1.807) is 24.3 Å². The van der Waals surface area contributed by atoms with Gasteiger partial charge in [0.15, 0.2) is 11.6 Å². The largest absolute Gasteiger partial charge is 0.289 e. The molecule has 0 spiro atoms. The molecule has 3 aromatic rings. The van der Waals surface area contributed by atoms with Crippen molar-refractivity contribution in [2.75, 3.05) is 0 Å². The Bertz CT molecular complexity index is 998. The van der Waals surface area contributed by atoms with E-state index in [4.69, 9.17) is 0 Å². The number of ketones is 2. The minimum absolute atomic E-state index is 0.109. The average molecular weight is 310 g/mol. The summed E-state index contributed by atoms with van der Waals surface area (Å²) >= 11 is 0. The van der Waals surface area contributed by atoms with Crippen LogP contribution in [0.25, 0.3) is 17.2 Å². The molecule has 3 aromatic carbocycles. The molecule has 114 valence electrons. The van der Waals surface area contributed by atoms with Crippen molar-refractivity contribution in [3.8, 4) is 11.1 Å². The predicted octanol–water partition coefficient (Wildman–Crippen LogP) is 4.77. The van der Waals surface area contributed by atoms with Gasteiger partial charge in [0, 0.05) is 22.3 Å². The molecule has 4 rings (SSSR count). The van der Waals surface area contributed by atoms with Gasteiger partial charge in [-0.25, -0.2) is 0 Å². The first-order valence-electron chi connectivity index (χ1n) is 7.75. The van der Waals surface area contributed by atoms with Crippen molar-refractivity contribution in [3.05, 3.63) is 101 Å². The quantitative estimate of drug-likeness (QED) is 0.534. The molecule has 0 saturated carbocycles. The number of hydrogen-bond donors (Lipinski definition) is 0. The van der Waals surface area contributed by atoms with Crippen molar-refractivity contribution in [3.63, 3.8) is 0 Å². The maximum absolute atomic E-state index is 13.1. The fraction of sp³-hybridized carbons (Fsp3) is 0. The van der Waals surface area contributed by atoms with E-state index in [-0.39, 0.29) is 11.6 Å². The van der Waals surface area contributed by atoms with Crippen molar-refractivity contribution in [1.29, 1.82) is 0 Å². The Labute approximate surface area is 140 Å². The Morgan fingerprint density at radius 2 is 1.21 bits per heavy atom. The molecule has 24 heavy (non-hydrogen) atoms. The minimum Gasteiger partial charge on any atom is -0.289 e. The van der Waals surface area contributed by atoms with Crippen LogP contribution >= 0.6 is 0 Å². The molecule has 2 nitrogen and oxygen atoms in total. The van der Waals surface area contributed by atoms with Crippen LogP contribution in [0.1, 0.15) is 37.4 Å². The second-order valence-corrected chi connectivity index (χ2v) is 5.73. The Kier molecular flexibility index (Phi) is 3.24. The highest BCUT2D eigenvalue weighted by molar-refractivity contribution is 6.31. The molecule has 0 N–H and O–H groups in total. The molecule has 0 heterocycles. The van der Waals surface area contributed by atoms with Crippen molar-refractivity contribution >= 4 is 17.6 Å². The summed E-state index contributed by atoms with van der Waals surface area (Å²) in [6.07, 6.45) is 1.62. The summed E-state index contributed by atoms with van der Waals surface area (Å²) in [5.41, 5.74) is 4.27. The molecule has 1 aliphatic rings. The number of benzene rings is 3. The second-order valence-electron chi connectivity index (χ2n) is 5.73. The summed E-state index contributed by atoms with van der Waals surface area (Å²) in [6.45, 7) is 3.76. The number of carbonyl (C=O) groups is 2. The van der Waals surface area contributed by atoms with E-state index in [0.29, 0.717) is 27.8 Å². The van der Waals surface area contributed by atoms with Gasteiger partial charge in [-0.05, 0) is 16.7 Å². The van der Waals surface area contributed by atoms with Crippen LogP contribution in [0.5, 0.6) is 0 Å². The van der Waals surface area contributed by atoms with Gasteiger partial charge in [-0.15, -0.1) is 0 Å². The first-order chi connectivity index (χ1) is 11.7. The van der Waals surface area contributed by atoms with Crippen molar-refractivity contribution < 1.29 is 9.59 Å². The molecule has 0 aromatic heterocycles. The standard InChI is InChI=1S/C22H14O2/c1-2-14-10-6-12-17-19(14)21(23)18-13-7-11-16(20(18)22(17)24)15-8-4-3-5-9-15/h2-13H,1H2. The Morgan fingerprint density at radius 1 is 0.625 bits per heavy atom. The van der Waals surface area contributed by atoms with Crippen LogP contribution in [0.4, 0.5) is 0 Å². The van der Waals surface area contributed by atoms with E-state index in [9.17, 15) is 9.59 Å². The molecule has 0 aliphatic heterocycles. The van der Waals surface area contributed by atoms with Gasteiger partial charge in [0.2, 0.25) is 0 Å². The van der Waals surface area contributed by atoms with E-state index in [0.717, 1.165) is 11.1 Å². The van der Waals surface area contributed by atoms with E-state index < -0.39 is 0 Å². The minimum atomic E-state index is -0.118. The lowest BCUT2D eigenvalue weighted by molar-refractivity contribution is 0.0979. The van der Waals surface area contributed by atoms with E-state index >= 15 is 0 Å². The zero-order valence-corrected chi connectivity index (χ0v) is 13.0. The summed E-state index contributed by atoms with van der Waals surface area (Å²) in [6, 6.07) is 20.4. The molecule has 0 fully saturated rings. The van der Waals surface area contributed by atoms with Crippen LogP contribution in [-0.2, 0) is 0 Å². The van der Waals surface area contributed by atoms with Crippen LogP contribution in [0, 0.1) is 0 Å².